The molecule has 0 N–H and O–H groups in total. The molecule has 1 heterocycles. The van der Waals surface area contributed by atoms with Gasteiger partial charge in [0.2, 0.25) is 5.82 Å². The van der Waals surface area contributed by atoms with Gasteiger partial charge in [0.05, 0.1) is 0 Å². The maximum absolute atomic E-state index is 12.8. The summed E-state index contributed by atoms with van der Waals surface area (Å²) in [5, 5.41) is -0.238. The predicted molar refractivity (Wildman–Crippen MR) is 75.9 cm³/mol. The second kappa shape index (κ2) is 5.89. The van der Waals surface area contributed by atoms with Gasteiger partial charge in [-0.1, -0.05) is 23.7 Å². The van der Waals surface area contributed by atoms with Gasteiger partial charge in [0, 0.05) is 18.3 Å². The summed E-state index contributed by atoms with van der Waals surface area (Å²) >= 11 is 5.70. The summed E-state index contributed by atoms with van der Waals surface area (Å²) in [4.78, 5) is 8.47. The minimum absolute atomic E-state index is 0.121. The topological polar surface area (TPSA) is 29.0 Å². The second-order valence-corrected chi connectivity index (χ2v) is 4.84. The highest BCUT2D eigenvalue weighted by atomic mass is 35.5. The molecule has 0 spiro atoms. The highest BCUT2D eigenvalue weighted by Crippen LogP contribution is 2.31. The summed E-state index contributed by atoms with van der Waals surface area (Å²) in [6.07, 6.45) is -4.63. The molecular formula is C14H13ClF3N3. The molecule has 2 rings (SSSR count). The van der Waals surface area contributed by atoms with Crippen molar-refractivity contribution < 1.29 is 13.2 Å². The summed E-state index contributed by atoms with van der Waals surface area (Å²) in [7, 11) is 0. The molecular weight excluding hydrogens is 303 g/mol. The molecule has 0 aliphatic heterocycles. The Kier molecular flexibility index (Phi) is 4.37. The lowest BCUT2D eigenvalue weighted by molar-refractivity contribution is -0.144. The summed E-state index contributed by atoms with van der Waals surface area (Å²) in [5.41, 5.74) is 1.75. The first-order valence-corrected chi connectivity index (χ1v) is 6.65. The van der Waals surface area contributed by atoms with Gasteiger partial charge in [0.25, 0.3) is 0 Å². The van der Waals surface area contributed by atoms with Crippen LogP contribution < -0.4 is 4.90 Å². The van der Waals surface area contributed by atoms with Crippen LogP contribution in [0.25, 0.3) is 0 Å². The van der Waals surface area contributed by atoms with E-state index in [0.717, 1.165) is 11.3 Å². The fourth-order valence-electron chi connectivity index (χ4n) is 1.94. The van der Waals surface area contributed by atoms with E-state index in [1.165, 1.54) is 6.07 Å². The van der Waals surface area contributed by atoms with Gasteiger partial charge >= 0.3 is 6.18 Å². The molecule has 0 aliphatic rings. The van der Waals surface area contributed by atoms with Crippen molar-refractivity contribution in [1.29, 1.82) is 0 Å². The summed E-state index contributed by atoms with van der Waals surface area (Å²) in [6, 6.07) is 8.74. The molecule has 21 heavy (non-hydrogen) atoms. The van der Waals surface area contributed by atoms with Crippen molar-refractivity contribution in [3.05, 3.63) is 46.9 Å². The van der Waals surface area contributed by atoms with Crippen LogP contribution in [0.4, 0.5) is 24.7 Å². The van der Waals surface area contributed by atoms with E-state index in [2.05, 4.69) is 9.97 Å². The quantitative estimate of drug-likeness (QED) is 0.774. The SMILES string of the molecule is CCN(c1cccc(C)c1)c1cc(Cl)nc(C(F)(F)F)n1. The minimum atomic E-state index is -4.63. The molecule has 7 heteroatoms. The maximum atomic E-state index is 12.8. The Balaban J connectivity index is 2.50. The molecule has 112 valence electrons. The van der Waals surface area contributed by atoms with Crippen molar-refractivity contribution >= 4 is 23.1 Å². The van der Waals surface area contributed by atoms with Crippen LogP contribution in [-0.4, -0.2) is 16.5 Å². The normalized spacial score (nSPS) is 11.5. The third kappa shape index (κ3) is 3.64. The van der Waals surface area contributed by atoms with Crippen LogP contribution in [0.15, 0.2) is 30.3 Å². The number of anilines is 2. The van der Waals surface area contributed by atoms with E-state index in [0.29, 0.717) is 6.54 Å². The number of alkyl halides is 3. The van der Waals surface area contributed by atoms with Gasteiger partial charge in [-0.05, 0) is 31.5 Å². The summed E-state index contributed by atoms with van der Waals surface area (Å²) < 4.78 is 38.3. The standard InChI is InChI=1S/C14H13ClF3N3/c1-3-21(10-6-4-5-9(2)7-10)12-8-11(15)19-13(20-12)14(16,17)18/h4-8H,3H2,1-2H3. The first-order valence-electron chi connectivity index (χ1n) is 6.27. The molecule has 0 amide bonds. The zero-order valence-corrected chi connectivity index (χ0v) is 12.2. The fourth-order valence-corrected chi connectivity index (χ4v) is 2.12. The van der Waals surface area contributed by atoms with Crippen molar-refractivity contribution in [2.75, 3.05) is 11.4 Å². The number of halogens is 4. The molecule has 0 aliphatic carbocycles. The molecule has 0 saturated heterocycles. The van der Waals surface area contributed by atoms with Gasteiger partial charge in [-0.15, -0.1) is 0 Å². The molecule has 0 fully saturated rings. The number of aromatic nitrogens is 2. The molecule has 1 aromatic carbocycles. The molecule has 0 atom stereocenters. The van der Waals surface area contributed by atoms with E-state index in [-0.39, 0.29) is 11.0 Å². The number of benzene rings is 1. The van der Waals surface area contributed by atoms with Crippen LogP contribution in [0, 0.1) is 6.92 Å². The summed E-state index contributed by atoms with van der Waals surface area (Å²) in [6.45, 7) is 4.19. The van der Waals surface area contributed by atoms with Crippen LogP contribution in [0.1, 0.15) is 18.3 Å². The largest absolute Gasteiger partial charge is 0.451 e. The minimum Gasteiger partial charge on any atom is -0.326 e. The summed E-state index contributed by atoms with van der Waals surface area (Å²) in [5.74, 6) is -1.12. The molecule has 2 aromatic rings. The maximum Gasteiger partial charge on any atom is 0.451 e. The number of hydrogen-bond acceptors (Lipinski definition) is 3. The fraction of sp³-hybridized carbons (Fsp3) is 0.286. The molecule has 1 aromatic heterocycles. The van der Waals surface area contributed by atoms with Crippen LogP contribution in [0.5, 0.6) is 0 Å². The molecule has 0 unspecified atom stereocenters. The molecule has 3 nitrogen and oxygen atoms in total. The van der Waals surface area contributed by atoms with Gasteiger partial charge < -0.3 is 4.90 Å². The van der Waals surface area contributed by atoms with Crippen LogP contribution in [0.3, 0.4) is 0 Å². The highest BCUT2D eigenvalue weighted by molar-refractivity contribution is 6.29. The number of nitrogens with zero attached hydrogens (tertiary/aromatic N) is 3. The third-order valence-corrected chi connectivity index (χ3v) is 3.03. The monoisotopic (exact) mass is 315 g/mol. The van der Waals surface area contributed by atoms with Crippen molar-refractivity contribution in [2.45, 2.75) is 20.0 Å². The lowest BCUT2D eigenvalue weighted by Gasteiger charge is -2.23. The lowest BCUT2D eigenvalue weighted by atomic mass is 10.2. The Morgan fingerprint density at radius 3 is 2.48 bits per heavy atom. The Morgan fingerprint density at radius 2 is 1.90 bits per heavy atom. The first-order chi connectivity index (χ1) is 9.81. The van der Waals surface area contributed by atoms with Crippen molar-refractivity contribution in [3.63, 3.8) is 0 Å². The molecule has 0 saturated carbocycles. The number of hydrogen-bond donors (Lipinski definition) is 0. The van der Waals surface area contributed by atoms with E-state index in [4.69, 9.17) is 11.6 Å². The highest BCUT2D eigenvalue weighted by Gasteiger charge is 2.35. The van der Waals surface area contributed by atoms with Gasteiger partial charge in [-0.25, -0.2) is 9.97 Å². The van der Waals surface area contributed by atoms with E-state index in [1.807, 2.05) is 32.0 Å². The Morgan fingerprint density at radius 1 is 1.19 bits per heavy atom. The molecule has 0 radical (unpaired) electrons. The van der Waals surface area contributed by atoms with Gasteiger partial charge in [-0.2, -0.15) is 13.2 Å². The predicted octanol–water partition coefficient (Wildman–Crippen LogP) is 4.62. The first kappa shape index (κ1) is 15.6. The van der Waals surface area contributed by atoms with E-state index < -0.39 is 12.0 Å². The average molecular weight is 316 g/mol. The number of aryl methyl sites for hydroxylation is 1. The van der Waals surface area contributed by atoms with Gasteiger partial charge in [0.1, 0.15) is 11.0 Å². The smallest absolute Gasteiger partial charge is 0.326 e. The lowest BCUT2D eigenvalue weighted by Crippen LogP contribution is -2.20. The van der Waals surface area contributed by atoms with Crippen LogP contribution in [0.2, 0.25) is 5.15 Å². The Bertz CT molecular complexity index is 644. The van der Waals surface area contributed by atoms with Gasteiger partial charge in [-0.3, -0.25) is 0 Å². The van der Waals surface area contributed by atoms with E-state index in [9.17, 15) is 13.2 Å². The van der Waals surface area contributed by atoms with Crippen LogP contribution >= 0.6 is 11.6 Å². The molecule has 0 bridgehead atoms. The van der Waals surface area contributed by atoms with Crippen LogP contribution in [-0.2, 0) is 6.18 Å². The van der Waals surface area contributed by atoms with Gasteiger partial charge in [0.15, 0.2) is 0 Å². The zero-order chi connectivity index (χ0) is 15.6. The second-order valence-electron chi connectivity index (χ2n) is 4.45. The average Bonchev–Trinajstić information content (AvgIpc) is 2.38. The van der Waals surface area contributed by atoms with E-state index >= 15 is 0 Å². The Labute approximate surface area is 125 Å². The Hall–Kier alpha value is -1.82. The zero-order valence-electron chi connectivity index (χ0n) is 11.4. The van der Waals surface area contributed by atoms with Crippen molar-refractivity contribution in [2.24, 2.45) is 0 Å². The third-order valence-electron chi connectivity index (χ3n) is 2.84. The van der Waals surface area contributed by atoms with E-state index in [1.54, 1.807) is 11.0 Å². The van der Waals surface area contributed by atoms with Crippen molar-refractivity contribution in [1.82, 2.24) is 9.97 Å². The van der Waals surface area contributed by atoms with Crippen molar-refractivity contribution in [3.8, 4) is 0 Å². The number of rotatable bonds is 3.